The number of pyridine rings is 2. The molecule has 5 heteroatoms. The van der Waals surface area contributed by atoms with Crippen LogP contribution in [0.2, 0.25) is 0 Å². The standard InChI is InChI=1S/C21H28N4O/c1-24-9-6-18(14-26-15-20-5-3-8-23-12-20)10-21(24)16-25(17-21)13-19-4-2-7-22-11-19/h2-5,7-8,11-12,18H,6,9-10,13-17H2,1H3. The van der Waals surface area contributed by atoms with Crippen LogP contribution in [0, 0.1) is 5.92 Å². The number of piperidine rings is 1. The number of likely N-dealkylation sites (N-methyl/N-ethyl adjacent to an activating group) is 1. The van der Waals surface area contributed by atoms with Gasteiger partial charge in [-0.2, -0.15) is 0 Å². The van der Waals surface area contributed by atoms with E-state index < -0.39 is 0 Å². The van der Waals surface area contributed by atoms with Gasteiger partial charge >= 0.3 is 0 Å². The Morgan fingerprint density at radius 2 is 1.85 bits per heavy atom. The predicted octanol–water partition coefficient (Wildman–Crippen LogP) is 2.59. The Balaban J connectivity index is 1.26. The molecule has 0 bridgehead atoms. The molecule has 2 fully saturated rings. The average molecular weight is 352 g/mol. The maximum Gasteiger partial charge on any atom is 0.0731 e. The lowest BCUT2D eigenvalue weighted by Crippen LogP contribution is -2.71. The first-order valence-corrected chi connectivity index (χ1v) is 9.53. The fourth-order valence-corrected chi connectivity index (χ4v) is 4.40. The van der Waals surface area contributed by atoms with Crippen LogP contribution in [-0.4, -0.2) is 58.6 Å². The van der Waals surface area contributed by atoms with Gasteiger partial charge in [0.25, 0.3) is 0 Å². The molecule has 26 heavy (non-hydrogen) atoms. The van der Waals surface area contributed by atoms with Crippen LogP contribution in [0.3, 0.4) is 0 Å². The molecule has 2 saturated heterocycles. The molecular weight excluding hydrogens is 324 g/mol. The van der Waals surface area contributed by atoms with E-state index in [9.17, 15) is 0 Å². The summed E-state index contributed by atoms with van der Waals surface area (Å²) in [6.07, 6.45) is 9.97. The first-order valence-electron chi connectivity index (χ1n) is 9.53. The Morgan fingerprint density at radius 1 is 1.12 bits per heavy atom. The van der Waals surface area contributed by atoms with Crippen molar-refractivity contribution in [3.8, 4) is 0 Å². The van der Waals surface area contributed by atoms with E-state index in [-0.39, 0.29) is 0 Å². The lowest BCUT2D eigenvalue weighted by Gasteiger charge is -2.58. The minimum atomic E-state index is 0.336. The molecule has 0 amide bonds. The molecule has 0 aliphatic carbocycles. The van der Waals surface area contributed by atoms with Crippen molar-refractivity contribution in [3.05, 3.63) is 60.2 Å². The van der Waals surface area contributed by atoms with E-state index in [1.807, 2.05) is 30.7 Å². The second-order valence-electron chi connectivity index (χ2n) is 7.89. The summed E-state index contributed by atoms with van der Waals surface area (Å²) >= 11 is 0. The van der Waals surface area contributed by atoms with E-state index in [4.69, 9.17) is 4.74 Å². The van der Waals surface area contributed by atoms with Gasteiger partial charge in [-0.05, 0) is 55.6 Å². The second-order valence-corrected chi connectivity index (χ2v) is 7.89. The molecule has 2 aromatic heterocycles. The molecule has 2 aromatic rings. The SMILES string of the molecule is CN1CCC(COCc2cccnc2)CC12CN(Cc1cccnc1)C2. The molecular formula is C21H28N4O. The molecule has 0 saturated carbocycles. The summed E-state index contributed by atoms with van der Waals surface area (Å²) in [6, 6.07) is 8.23. The summed E-state index contributed by atoms with van der Waals surface area (Å²) in [6.45, 7) is 6.00. The molecule has 0 radical (unpaired) electrons. The minimum Gasteiger partial charge on any atom is -0.376 e. The Hall–Kier alpha value is -1.82. The van der Waals surface area contributed by atoms with E-state index in [2.05, 4.69) is 38.9 Å². The van der Waals surface area contributed by atoms with Crippen LogP contribution in [0.1, 0.15) is 24.0 Å². The lowest BCUT2D eigenvalue weighted by molar-refractivity contribution is -0.0936. The van der Waals surface area contributed by atoms with Gasteiger partial charge in [-0.15, -0.1) is 0 Å². The van der Waals surface area contributed by atoms with E-state index in [1.54, 1.807) is 6.20 Å². The Kier molecular flexibility index (Phi) is 5.29. The number of rotatable bonds is 6. The highest BCUT2D eigenvalue weighted by atomic mass is 16.5. The maximum absolute atomic E-state index is 6.00. The zero-order valence-corrected chi connectivity index (χ0v) is 15.6. The first-order chi connectivity index (χ1) is 12.7. The molecule has 4 rings (SSSR count). The van der Waals surface area contributed by atoms with Crippen LogP contribution in [0.5, 0.6) is 0 Å². The van der Waals surface area contributed by atoms with Crippen molar-refractivity contribution in [2.24, 2.45) is 5.92 Å². The highest BCUT2D eigenvalue weighted by Gasteiger charge is 2.49. The Labute approximate surface area is 156 Å². The summed E-state index contributed by atoms with van der Waals surface area (Å²) in [5.74, 6) is 0.656. The normalized spacial score (nSPS) is 23.0. The van der Waals surface area contributed by atoms with Crippen molar-refractivity contribution in [1.82, 2.24) is 19.8 Å². The van der Waals surface area contributed by atoms with E-state index in [1.165, 1.54) is 24.9 Å². The molecule has 0 N–H and O–H groups in total. The van der Waals surface area contributed by atoms with Crippen LogP contribution in [-0.2, 0) is 17.9 Å². The van der Waals surface area contributed by atoms with Gasteiger partial charge in [0.05, 0.1) is 6.61 Å². The largest absolute Gasteiger partial charge is 0.376 e. The molecule has 2 aliphatic rings. The minimum absolute atomic E-state index is 0.336. The Bertz CT molecular complexity index is 688. The van der Waals surface area contributed by atoms with Gasteiger partial charge in [-0.1, -0.05) is 12.1 Å². The zero-order valence-electron chi connectivity index (χ0n) is 15.6. The highest BCUT2D eigenvalue weighted by Crippen LogP contribution is 2.38. The van der Waals surface area contributed by atoms with Crippen LogP contribution in [0.4, 0.5) is 0 Å². The fourth-order valence-electron chi connectivity index (χ4n) is 4.40. The molecule has 5 nitrogen and oxygen atoms in total. The number of likely N-dealkylation sites (tertiary alicyclic amines) is 2. The smallest absolute Gasteiger partial charge is 0.0731 e. The van der Waals surface area contributed by atoms with Crippen molar-refractivity contribution in [2.45, 2.75) is 31.5 Å². The van der Waals surface area contributed by atoms with Crippen molar-refractivity contribution < 1.29 is 4.74 Å². The van der Waals surface area contributed by atoms with Crippen LogP contribution < -0.4 is 0 Å². The van der Waals surface area contributed by atoms with Gasteiger partial charge in [0.2, 0.25) is 0 Å². The lowest BCUT2D eigenvalue weighted by atomic mass is 9.75. The van der Waals surface area contributed by atoms with E-state index in [0.717, 1.165) is 31.8 Å². The van der Waals surface area contributed by atoms with Crippen molar-refractivity contribution >= 4 is 0 Å². The van der Waals surface area contributed by atoms with Crippen molar-refractivity contribution in [3.63, 3.8) is 0 Å². The summed E-state index contributed by atoms with van der Waals surface area (Å²) in [4.78, 5) is 13.5. The third-order valence-electron chi connectivity index (χ3n) is 5.86. The van der Waals surface area contributed by atoms with Gasteiger partial charge in [0, 0.05) is 56.6 Å². The third kappa shape index (κ3) is 3.95. The summed E-state index contributed by atoms with van der Waals surface area (Å²) in [5, 5.41) is 0. The molecule has 0 aromatic carbocycles. The molecule has 138 valence electrons. The summed E-state index contributed by atoms with van der Waals surface area (Å²) in [5.41, 5.74) is 2.79. The molecule has 1 unspecified atom stereocenters. The topological polar surface area (TPSA) is 41.5 Å². The number of nitrogens with zero attached hydrogens (tertiary/aromatic N) is 4. The predicted molar refractivity (Wildman–Crippen MR) is 101 cm³/mol. The number of hydrogen-bond donors (Lipinski definition) is 0. The molecule has 1 spiro atoms. The summed E-state index contributed by atoms with van der Waals surface area (Å²) < 4.78 is 6.00. The number of hydrogen-bond acceptors (Lipinski definition) is 5. The molecule has 4 heterocycles. The average Bonchev–Trinajstić information content (AvgIpc) is 2.65. The fraction of sp³-hybridized carbons (Fsp3) is 0.524. The number of aromatic nitrogens is 2. The van der Waals surface area contributed by atoms with Gasteiger partial charge in [0.15, 0.2) is 0 Å². The van der Waals surface area contributed by atoms with Gasteiger partial charge in [0.1, 0.15) is 0 Å². The monoisotopic (exact) mass is 352 g/mol. The summed E-state index contributed by atoms with van der Waals surface area (Å²) in [7, 11) is 2.29. The van der Waals surface area contributed by atoms with E-state index in [0.29, 0.717) is 18.1 Å². The van der Waals surface area contributed by atoms with Crippen LogP contribution >= 0.6 is 0 Å². The van der Waals surface area contributed by atoms with Crippen LogP contribution in [0.25, 0.3) is 0 Å². The van der Waals surface area contributed by atoms with Gasteiger partial charge < -0.3 is 4.74 Å². The van der Waals surface area contributed by atoms with Crippen molar-refractivity contribution in [1.29, 1.82) is 0 Å². The highest BCUT2D eigenvalue weighted by molar-refractivity contribution is 5.13. The van der Waals surface area contributed by atoms with Gasteiger partial charge in [-0.25, -0.2) is 0 Å². The first kappa shape index (κ1) is 17.6. The molecule has 1 atom stereocenters. The number of ether oxygens (including phenoxy) is 1. The van der Waals surface area contributed by atoms with Crippen molar-refractivity contribution in [2.75, 3.05) is 33.3 Å². The Morgan fingerprint density at radius 3 is 2.54 bits per heavy atom. The van der Waals surface area contributed by atoms with Gasteiger partial charge in [-0.3, -0.25) is 19.8 Å². The third-order valence-corrected chi connectivity index (χ3v) is 5.86. The van der Waals surface area contributed by atoms with E-state index >= 15 is 0 Å². The second kappa shape index (κ2) is 7.82. The van der Waals surface area contributed by atoms with Crippen LogP contribution in [0.15, 0.2) is 49.1 Å². The maximum atomic E-state index is 6.00. The molecule has 2 aliphatic heterocycles. The zero-order chi connectivity index (χ0) is 17.8. The quantitative estimate of drug-likeness (QED) is 0.799.